The molecule has 5 nitrogen and oxygen atoms in total. The van der Waals surface area contributed by atoms with Crippen molar-refractivity contribution in [2.24, 2.45) is 0 Å². The molecule has 174 valence electrons. The molecular weight excluding hydrogens is 432 g/mol. The predicted molar refractivity (Wildman–Crippen MR) is 141 cm³/mol. The Balaban J connectivity index is 1.24. The Labute approximate surface area is 205 Å². The van der Waals surface area contributed by atoms with Crippen molar-refractivity contribution in [3.63, 3.8) is 0 Å². The van der Waals surface area contributed by atoms with E-state index in [9.17, 15) is 4.79 Å². The second kappa shape index (κ2) is 9.34. The summed E-state index contributed by atoms with van der Waals surface area (Å²) in [5, 5.41) is 4.57. The zero-order valence-electron chi connectivity index (χ0n) is 19.6. The number of hydrogen-bond acceptors (Lipinski definition) is 4. The van der Waals surface area contributed by atoms with Gasteiger partial charge in [0.05, 0.1) is 5.52 Å². The average Bonchev–Trinajstić information content (AvgIpc) is 3.82. The Morgan fingerprint density at radius 1 is 0.914 bits per heavy atom. The van der Waals surface area contributed by atoms with E-state index in [0.29, 0.717) is 18.6 Å². The number of hydrogen-bond donors (Lipinski definition) is 1. The van der Waals surface area contributed by atoms with Gasteiger partial charge in [0.25, 0.3) is 0 Å². The minimum Gasteiger partial charge on any atom is -0.367 e. The predicted octanol–water partition coefficient (Wildman–Crippen LogP) is 6.08. The van der Waals surface area contributed by atoms with E-state index in [-0.39, 0.29) is 5.91 Å². The molecule has 5 heteroatoms. The number of amides is 1. The highest BCUT2D eigenvalue weighted by Gasteiger charge is 2.31. The van der Waals surface area contributed by atoms with E-state index in [2.05, 4.69) is 57.7 Å². The minimum atomic E-state index is 0.0698. The van der Waals surface area contributed by atoms with E-state index in [0.717, 1.165) is 51.8 Å². The number of nitrogens with one attached hydrogen (secondary N) is 1. The van der Waals surface area contributed by atoms with Crippen molar-refractivity contribution in [2.75, 3.05) is 5.32 Å². The van der Waals surface area contributed by atoms with E-state index >= 15 is 0 Å². The van der Waals surface area contributed by atoms with Gasteiger partial charge in [-0.2, -0.15) is 0 Å². The average molecular weight is 461 g/mol. The highest BCUT2D eigenvalue weighted by Crippen LogP contribution is 2.32. The molecule has 1 heterocycles. The van der Waals surface area contributed by atoms with Crippen LogP contribution >= 0.6 is 0 Å². The summed E-state index contributed by atoms with van der Waals surface area (Å²) < 4.78 is 0. The van der Waals surface area contributed by atoms with Crippen LogP contribution in [-0.4, -0.2) is 32.9 Å². The van der Waals surface area contributed by atoms with Crippen LogP contribution in [0.4, 0.5) is 5.82 Å². The molecule has 4 aromatic rings. The first-order valence-electron chi connectivity index (χ1n) is 12.4. The van der Waals surface area contributed by atoms with Gasteiger partial charge in [-0.05, 0) is 72.2 Å². The van der Waals surface area contributed by atoms with E-state index in [1.165, 1.54) is 12.8 Å². The Morgan fingerprint density at radius 2 is 1.74 bits per heavy atom. The third-order valence-corrected chi connectivity index (χ3v) is 6.66. The van der Waals surface area contributed by atoms with Crippen molar-refractivity contribution in [3.8, 4) is 11.1 Å². The van der Waals surface area contributed by atoms with Crippen LogP contribution in [0.5, 0.6) is 0 Å². The van der Waals surface area contributed by atoms with Crippen molar-refractivity contribution in [1.82, 2.24) is 14.9 Å². The Hall–Kier alpha value is -3.99. The van der Waals surface area contributed by atoms with Gasteiger partial charge in [0, 0.05) is 30.1 Å². The quantitative estimate of drug-likeness (QED) is 0.324. The summed E-state index contributed by atoms with van der Waals surface area (Å²) >= 11 is 0. The molecule has 1 aromatic heterocycles. The molecule has 6 rings (SSSR count). The van der Waals surface area contributed by atoms with Gasteiger partial charge in [-0.15, -0.1) is 0 Å². The van der Waals surface area contributed by atoms with Crippen LogP contribution < -0.4 is 5.32 Å². The summed E-state index contributed by atoms with van der Waals surface area (Å²) in [4.78, 5) is 24.0. The maximum absolute atomic E-state index is 13.1. The van der Waals surface area contributed by atoms with Crippen LogP contribution in [0.2, 0.25) is 0 Å². The number of aromatic nitrogens is 2. The van der Waals surface area contributed by atoms with Gasteiger partial charge in [-0.25, -0.2) is 9.97 Å². The highest BCUT2D eigenvalue weighted by molar-refractivity contribution is 5.93. The lowest BCUT2D eigenvalue weighted by molar-refractivity contribution is -0.127. The molecule has 2 aliphatic rings. The van der Waals surface area contributed by atoms with E-state index < -0.39 is 0 Å². The summed E-state index contributed by atoms with van der Waals surface area (Å²) in [6.45, 7) is 0.613. The van der Waals surface area contributed by atoms with Crippen LogP contribution in [0, 0.1) is 0 Å². The zero-order chi connectivity index (χ0) is 23.6. The maximum atomic E-state index is 13.1. The van der Waals surface area contributed by atoms with Crippen LogP contribution in [-0.2, 0) is 11.3 Å². The molecule has 3 aromatic carbocycles. The summed E-state index contributed by atoms with van der Waals surface area (Å²) in [5.41, 5.74) is 5.37. The molecule has 0 saturated heterocycles. The van der Waals surface area contributed by atoms with Crippen LogP contribution in [0.1, 0.15) is 36.8 Å². The maximum Gasteiger partial charge on any atom is 0.247 e. The smallest absolute Gasteiger partial charge is 0.247 e. The molecule has 2 saturated carbocycles. The van der Waals surface area contributed by atoms with Crippen LogP contribution in [0.15, 0.2) is 85.2 Å². The normalized spacial score (nSPS) is 15.4. The summed E-state index contributed by atoms with van der Waals surface area (Å²) in [7, 11) is 0. The lowest BCUT2D eigenvalue weighted by Gasteiger charge is -2.21. The van der Waals surface area contributed by atoms with Gasteiger partial charge in [-0.3, -0.25) is 4.79 Å². The molecule has 0 atom stereocenters. The summed E-state index contributed by atoms with van der Waals surface area (Å²) in [6.07, 6.45) is 9.78. The molecule has 0 radical (unpaired) electrons. The first kappa shape index (κ1) is 21.5. The van der Waals surface area contributed by atoms with E-state index in [4.69, 9.17) is 0 Å². The molecule has 0 spiro atoms. The molecule has 0 bridgehead atoms. The van der Waals surface area contributed by atoms with Crippen LogP contribution in [0.25, 0.3) is 28.1 Å². The Bertz CT molecular complexity index is 1390. The van der Waals surface area contributed by atoms with Crippen LogP contribution in [0.3, 0.4) is 0 Å². The van der Waals surface area contributed by atoms with Gasteiger partial charge in [0.2, 0.25) is 5.91 Å². The fourth-order valence-electron chi connectivity index (χ4n) is 4.42. The molecule has 0 unspecified atom stereocenters. The number of carbonyl (C=O) groups is 1. The van der Waals surface area contributed by atoms with E-state index in [1.54, 1.807) is 12.4 Å². The number of anilines is 1. The SMILES string of the molecule is O=C(/C=C/c1ccccc1)N(Cc1cccc(-c2ccc3ncnc(NC4CC4)c3c2)c1)C1CC1. The lowest BCUT2D eigenvalue weighted by atomic mass is 10.0. The summed E-state index contributed by atoms with van der Waals surface area (Å²) in [6, 6.07) is 25.7. The molecule has 1 amide bonds. The number of rotatable bonds is 8. The lowest BCUT2D eigenvalue weighted by Crippen LogP contribution is -2.31. The monoisotopic (exact) mass is 460 g/mol. The van der Waals surface area contributed by atoms with Gasteiger partial charge < -0.3 is 10.2 Å². The van der Waals surface area contributed by atoms with Crippen molar-refractivity contribution in [1.29, 1.82) is 0 Å². The molecule has 0 aliphatic heterocycles. The van der Waals surface area contributed by atoms with Gasteiger partial charge in [0.1, 0.15) is 12.1 Å². The second-order valence-corrected chi connectivity index (χ2v) is 9.51. The Morgan fingerprint density at radius 3 is 2.54 bits per heavy atom. The topological polar surface area (TPSA) is 58.1 Å². The number of carbonyl (C=O) groups excluding carboxylic acids is 1. The molecular formula is C30H28N4O. The molecule has 35 heavy (non-hydrogen) atoms. The van der Waals surface area contributed by atoms with Crippen molar-refractivity contribution in [2.45, 2.75) is 44.3 Å². The third-order valence-electron chi connectivity index (χ3n) is 6.66. The van der Waals surface area contributed by atoms with Crippen molar-refractivity contribution in [3.05, 3.63) is 96.3 Å². The summed E-state index contributed by atoms with van der Waals surface area (Å²) in [5.74, 6) is 0.978. The van der Waals surface area contributed by atoms with Crippen molar-refractivity contribution >= 4 is 28.7 Å². The zero-order valence-corrected chi connectivity index (χ0v) is 19.6. The first-order chi connectivity index (χ1) is 17.2. The fraction of sp³-hybridized carbons (Fsp3) is 0.233. The number of benzene rings is 3. The van der Waals surface area contributed by atoms with Gasteiger partial charge in [0.15, 0.2) is 0 Å². The minimum absolute atomic E-state index is 0.0698. The number of fused-ring (bicyclic) bond motifs is 1. The first-order valence-corrected chi connectivity index (χ1v) is 12.4. The molecule has 2 fully saturated rings. The van der Waals surface area contributed by atoms with E-state index in [1.807, 2.05) is 41.3 Å². The third kappa shape index (κ3) is 5.09. The van der Waals surface area contributed by atoms with Gasteiger partial charge in [-0.1, -0.05) is 54.6 Å². The Kier molecular flexibility index (Phi) is 5.75. The fourth-order valence-corrected chi connectivity index (χ4v) is 4.42. The standard InChI is InChI=1S/C30H28N4O/c35-29(16-9-21-5-2-1-3-6-21)34(26-13-14-26)19-22-7-4-8-23(17-22)24-10-15-28-27(18-24)30(32-20-31-28)33-25-11-12-25/h1-10,15-18,20,25-26H,11-14,19H2,(H,31,32,33)/b16-9+. The largest absolute Gasteiger partial charge is 0.367 e. The molecule has 1 N–H and O–H groups in total. The second-order valence-electron chi connectivity index (χ2n) is 9.51. The molecule has 2 aliphatic carbocycles. The van der Waals surface area contributed by atoms with Crippen molar-refractivity contribution < 1.29 is 4.79 Å². The van der Waals surface area contributed by atoms with Gasteiger partial charge >= 0.3 is 0 Å². The highest BCUT2D eigenvalue weighted by atomic mass is 16.2. The number of nitrogens with zero attached hydrogens (tertiary/aromatic N) is 3.